The number of hydrogen-bond donors (Lipinski definition) is 9. The minimum atomic E-state index is -1.49. The fourth-order valence-corrected chi connectivity index (χ4v) is 3.74. The van der Waals surface area contributed by atoms with Gasteiger partial charge in [-0.15, -0.1) is 0 Å². The minimum absolute atomic E-state index is 0.101. The van der Waals surface area contributed by atoms with E-state index in [1.54, 1.807) is 36.4 Å². The number of guanidine groups is 1. The first-order chi connectivity index (χ1) is 18.5. The van der Waals surface area contributed by atoms with Gasteiger partial charge in [-0.1, -0.05) is 30.3 Å². The van der Waals surface area contributed by atoms with Crippen molar-refractivity contribution in [2.24, 2.45) is 17.2 Å². The van der Waals surface area contributed by atoms with E-state index in [-0.39, 0.29) is 31.2 Å². The number of carboxylic acid groups (broad SMARTS) is 1. The normalized spacial score (nSPS) is 12.8. The van der Waals surface area contributed by atoms with E-state index in [0.29, 0.717) is 17.5 Å². The van der Waals surface area contributed by atoms with E-state index < -0.39 is 48.1 Å². The molecule has 0 spiro atoms. The number of carbonyl (C=O) groups excluding carboxylic acids is 3. The Hall–Kier alpha value is -5.01. The molecule has 0 aliphatic carbocycles. The zero-order chi connectivity index (χ0) is 28.9. The summed E-state index contributed by atoms with van der Waals surface area (Å²) in [6.07, 6.45) is 2.92. The summed E-state index contributed by atoms with van der Waals surface area (Å²) in [6, 6.07) is 7.43. The molecule has 2 aromatic rings. The number of benzene rings is 1. The van der Waals surface area contributed by atoms with Gasteiger partial charge in [0.05, 0.1) is 12.3 Å². The molecule has 1 heterocycles. The molecule has 0 fully saturated rings. The van der Waals surface area contributed by atoms with Crippen molar-refractivity contribution < 1.29 is 24.3 Å². The Bertz CT molecular complexity index is 1190. The molecular weight excluding hydrogens is 506 g/mol. The predicted octanol–water partition coefficient (Wildman–Crippen LogP) is -1.12. The summed E-state index contributed by atoms with van der Waals surface area (Å²) >= 11 is 0. The number of nitrogens with one attached hydrogen (secondary N) is 5. The van der Waals surface area contributed by atoms with Crippen LogP contribution in [0, 0.1) is 10.8 Å². The Morgan fingerprint density at radius 3 is 2.15 bits per heavy atom. The van der Waals surface area contributed by atoms with Crippen LogP contribution in [0.4, 0.5) is 0 Å². The molecule has 1 aromatic heterocycles. The average Bonchev–Trinajstić information content (AvgIpc) is 2.88. The molecule has 14 heteroatoms. The van der Waals surface area contributed by atoms with Crippen LogP contribution < -0.4 is 33.2 Å². The second kappa shape index (κ2) is 14.7. The molecule has 0 aliphatic heterocycles. The van der Waals surface area contributed by atoms with Crippen molar-refractivity contribution in [1.29, 1.82) is 10.8 Å². The van der Waals surface area contributed by atoms with Crippen molar-refractivity contribution in [2.75, 3.05) is 6.54 Å². The summed E-state index contributed by atoms with van der Waals surface area (Å²) < 4.78 is 0. The number of pyridine rings is 1. The van der Waals surface area contributed by atoms with Crippen molar-refractivity contribution >= 4 is 35.5 Å². The predicted molar refractivity (Wildman–Crippen MR) is 143 cm³/mol. The highest BCUT2D eigenvalue weighted by Crippen LogP contribution is 2.22. The van der Waals surface area contributed by atoms with Gasteiger partial charge in [-0.2, -0.15) is 0 Å². The maximum absolute atomic E-state index is 13.4. The number of carboxylic acids is 1. The fourth-order valence-electron chi connectivity index (χ4n) is 3.74. The number of carbonyl (C=O) groups is 4. The molecule has 0 unspecified atom stereocenters. The third kappa shape index (κ3) is 10.1. The Labute approximate surface area is 224 Å². The smallest absolute Gasteiger partial charge is 0.305 e. The first-order valence-corrected chi connectivity index (χ1v) is 12.0. The monoisotopic (exact) mass is 539 g/mol. The third-order valence-corrected chi connectivity index (χ3v) is 5.76. The number of hydrogen-bond acceptors (Lipinski definition) is 7. The van der Waals surface area contributed by atoms with Gasteiger partial charge in [0.1, 0.15) is 17.9 Å². The van der Waals surface area contributed by atoms with Crippen LogP contribution in [0.1, 0.15) is 41.9 Å². The maximum Gasteiger partial charge on any atom is 0.305 e. The summed E-state index contributed by atoms with van der Waals surface area (Å²) in [7, 11) is 0. The Balaban J connectivity index is 2.21. The summed E-state index contributed by atoms with van der Waals surface area (Å²) in [4.78, 5) is 53.8. The number of aliphatic carboxylic acids is 1. The van der Waals surface area contributed by atoms with Crippen molar-refractivity contribution in [3.05, 3.63) is 65.5 Å². The van der Waals surface area contributed by atoms with Crippen LogP contribution >= 0.6 is 0 Å². The van der Waals surface area contributed by atoms with Crippen molar-refractivity contribution in [3.63, 3.8) is 0 Å². The molecular formula is C25H33N9O5. The van der Waals surface area contributed by atoms with Crippen molar-refractivity contribution in [3.8, 4) is 0 Å². The topological polar surface area (TPSA) is 263 Å². The van der Waals surface area contributed by atoms with Gasteiger partial charge in [-0.3, -0.25) is 35.0 Å². The van der Waals surface area contributed by atoms with Crippen LogP contribution in [0.2, 0.25) is 0 Å². The van der Waals surface area contributed by atoms with E-state index in [1.165, 1.54) is 12.4 Å². The molecule has 3 amide bonds. The molecule has 0 saturated heterocycles. The van der Waals surface area contributed by atoms with E-state index in [2.05, 4.69) is 20.9 Å². The Morgan fingerprint density at radius 1 is 0.949 bits per heavy atom. The van der Waals surface area contributed by atoms with Gasteiger partial charge in [0.25, 0.3) is 0 Å². The molecule has 1 aromatic carbocycles. The first kappa shape index (κ1) is 30.2. The number of primary amides is 1. The molecule has 208 valence electrons. The van der Waals surface area contributed by atoms with Gasteiger partial charge in [0.2, 0.25) is 17.7 Å². The summed E-state index contributed by atoms with van der Waals surface area (Å²) in [6.45, 7) is 0.254. The molecule has 3 atom stereocenters. The number of aromatic nitrogens is 1. The number of amidine groups is 1. The average molecular weight is 540 g/mol. The molecule has 14 nitrogen and oxygen atoms in total. The van der Waals surface area contributed by atoms with Crippen LogP contribution in [0.15, 0.2) is 48.8 Å². The van der Waals surface area contributed by atoms with Gasteiger partial charge < -0.3 is 38.3 Å². The number of nitrogens with zero attached hydrogens (tertiary/aromatic N) is 1. The largest absolute Gasteiger partial charge is 0.481 e. The number of nitrogens with two attached hydrogens (primary N) is 3. The quantitative estimate of drug-likeness (QED) is 0.0753. The second-order valence-electron chi connectivity index (χ2n) is 8.76. The molecule has 0 bridgehead atoms. The van der Waals surface area contributed by atoms with Crippen LogP contribution in [0.5, 0.6) is 0 Å². The lowest BCUT2D eigenvalue weighted by Gasteiger charge is -2.24. The van der Waals surface area contributed by atoms with Gasteiger partial charge >= 0.3 is 5.97 Å². The highest BCUT2D eigenvalue weighted by atomic mass is 16.4. The fraction of sp³-hybridized carbons (Fsp3) is 0.320. The van der Waals surface area contributed by atoms with E-state index >= 15 is 0 Å². The van der Waals surface area contributed by atoms with Gasteiger partial charge in [0.15, 0.2) is 5.96 Å². The Kier molecular flexibility index (Phi) is 11.4. The maximum atomic E-state index is 13.4. The standard InChI is InChI=1S/C25H33N9O5/c26-21(27)15-7-5-14(6-8-15)11-17(16-3-1-9-31-13-16)23(38)34-19(12-20(35)36)24(39)33-18(22(28)37)4-2-10-32-25(29)30/h1,3,5-9,13,17-19H,2,4,10-12H2,(H3,26,27)(H2,28,37)(H,33,39)(H,34,38)(H,35,36)(H4,29,30,32)/t17-,18+,19+/m1/s1. The number of nitrogen functional groups attached to an aromatic ring is 1. The number of rotatable bonds is 15. The van der Waals surface area contributed by atoms with Crippen molar-refractivity contribution in [1.82, 2.24) is 20.9 Å². The zero-order valence-corrected chi connectivity index (χ0v) is 21.1. The molecule has 2 rings (SSSR count). The van der Waals surface area contributed by atoms with E-state index in [1.807, 2.05) is 0 Å². The second-order valence-corrected chi connectivity index (χ2v) is 8.76. The van der Waals surface area contributed by atoms with E-state index in [9.17, 15) is 24.3 Å². The first-order valence-electron chi connectivity index (χ1n) is 12.0. The van der Waals surface area contributed by atoms with Gasteiger partial charge in [0, 0.05) is 24.5 Å². The lowest BCUT2D eigenvalue weighted by atomic mass is 9.91. The minimum Gasteiger partial charge on any atom is -0.481 e. The van der Waals surface area contributed by atoms with Crippen LogP contribution in [0.3, 0.4) is 0 Å². The highest BCUT2D eigenvalue weighted by Gasteiger charge is 2.30. The third-order valence-electron chi connectivity index (χ3n) is 5.76. The van der Waals surface area contributed by atoms with E-state index in [4.69, 9.17) is 28.0 Å². The number of amides is 3. The molecule has 39 heavy (non-hydrogen) atoms. The van der Waals surface area contributed by atoms with Crippen LogP contribution in [-0.4, -0.2) is 64.2 Å². The summed E-state index contributed by atoms with van der Waals surface area (Å²) in [5.74, 6) is -4.88. The summed E-state index contributed by atoms with van der Waals surface area (Å²) in [5, 5.41) is 31.5. The van der Waals surface area contributed by atoms with Crippen LogP contribution in [-0.2, 0) is 25.6 Å². The van der Waals surface area contributed by atoms with Gasteiger partial charge in [-0.25, -0.2) is 0 Å². The molecule has 0 radical (unpaired) electrons. The highest BCUT2D eigenvalue weighted by molar-refractivity contribution is 5.96. The molecule has 0 aliphatic rings. The van der Waals surface area contributed by atoms with Crippen LogP contribution in [0.25, 0.3) is 0 Å². The lowest BCUT2D eigenvalue weighted by Crippen LogP contribution is -2.54. The molecule has 0 saturated carbocycles. The SMILES string of the molecule is N=C(N)NCCC[C@H](NC(=O)[C@H](CC(=O)O)NC(=O)[C@H](Cc1ccc(C(=N)N)cc1)c1cccnc1)C(N)=O. The Morgan fingerprint density at radius 2 is 1.62 bits per heavy atom. The van der Waals surface area contributed by atoms with E-state index in [0.717, 1.165) is 5.56 Å². The summed E-state index contributed by atoms with van der Waals surface area (Å²) in [5.41, 5.74) is 17.9. The van der Waals surface area contributed by atoms with Crippen molar-refractivity contribution in [2.45, 2.75) is 43.7 Å². The lowest BCUT2D eigenvalue weighted by molar-refractivity contribution is -0.141. The zero-order valence-electron chi connectivity index (χ0n) is 21.1. The molecule has 12 N–H and O–H groups in total. The van der Waals surface area contributed by atoms with Gasteiger partial charge in [-0.05, 0) is 36.5 Å².